The van der Waals surface area contributed by atoms with E-state index in [0.717, 1.165) is 5.56 Å². The second kappa shape index (κ2) is 8.30. The Morgan fingerprint density at radius 1 is 1.17 bits per heavy atom. The van der Waals surface area contributed by atoms with E-state index in [1.165, 1.54) is 25.3 Å². The van der Waals surface area contributed by atoms with Crippen LogP contribution in [0.1, 0.15) is 5.56 Å². The van der Waals surface area contributed by atoms with Gasteiger partial charge in [-0.15, -0.1) is 0 Å². The number of carbonyl (C=O) groups is 1. The van der Waals surface area contributed by atoms with Crippen molar-refractivity contribution >= 4 is 49.5 Å². The normalized spacial score (nSPS) is 10.7. The molecule has 0 spiro atoms. The molecule has 0 aliphatic rings. The molecule has 0 bridgehead atoms. The number of amides is 1. The maximum Gasteiger partial charge on any atom is 0.248 e. The van der Waals surface area contributed by atoms with Crippen LogP contribution in [0.5, 0.6) is 11.5 Å². The molecular weight excluding hydrogens is 445 g/mol. The number of rotatable bonds is 5. The number of benzene rings is 2. The molecule has 0 saturated heterocycles. The van der Waals surface area contributed by atoms with Crippen LogP contribution in [0.25, 0.3) is 6.08 Å². The lowest BCUT2D eigenvalue weighted by Crippen LogP contribution is -2.09. The summed E-state index contributed by atoms with van der Waals surface area (Å²) in [7, 11) is 3.07. The quantitative estimate of drug-likeness (QED) is 0.640. The van der Waals surface area contributed by atoms with Crippen LogP contribution >= 0.6 is 31.9 Å². The zero-order valence-electron chi connectivity index (χ0n) is 12.9. The summed E-state index contributed by atoms with van der Waals surface area (Å²) in [5, 5.41) is 2.48. The van der Waals surface area contributed by atoms with E-state index in [1.54, 1.807) is 31.4 Å². The van der Waals surface area contributed by atoms with Gasteiger partial charge < -0.3 is 14.8 Å². The number of methoxy groups -OCH3 is 2. The number of carbonyl (C=O) groups excluding carboxylic acids is 1. The standard InChI is InChI=1S/C17H14Br2FNO3/c1-23-15-8-10(7-12(19)17(15)24-2)3-6-16(22)21-14-5-4-11(18)9-13(14)20/h3-9H,1-2H3,(H,21,22)/b6-3+. The second-order valence-corrected chi connectivity index (χ2v) is 6.46. The fourth-order valence-electron chi connectivity index (χ4n) is 1.97. The first-order valence-corrected chi connectivity index (χ1v) is 8.39. The summed E-state index contributed by atoms with van der Waals surface area (Å²) < 4.78 is 25.5. The van der Waals surface area contributed by atoms with Crippen molar-refractivity contribution in [2.75, 3.05) is 19.5 Å². The van der Waals surface area contributed by atoms with Gasteiger partial charge in [0, 0.05) is 10.5 Å². The van der Waals surface area contributed by atoms with Gasteiger partial charge in [-0.25, -0.2) is 4.39 Å². The third-order valence-corrected chi connectivity index (χ3v) is 4.15. The van der Waals surface area contributed by atoms with Crippen LogP contribution in [-0.2, 0) is 4.79 Å². The molecule has 7 heteroatoms. The predicted octanol–water partition coefficient (Wildman–Crippen LogP) is 5.02. The van der Waals surface area contributed by atoms with Crippen LogP contribution in [0.3, 0.4) is 0 Å². The van der Waals surface area contributed by atoms with Gasteiger partial charge in [-0.3, -0.25) is 4.79 Å². The van der Waals surface area contributed by atoms with Gasteiger partial charge in [0.25, 0.3) is 0 Å². The summed E-state index contributed by atoms with van der Waals surface area (Å²) in [5.41, 5.74) is 0.840. The van der Waals surface area contributed by atoms with Gasteiger partial charge in [-0.2, -0.15) is 0 Å². The molecular formula is C17H14Br2FNO3. The molecule has 0 aromatic heterocycles. The molecule has 0 atom stereocenters. The largest absolute Gasteiger partial charge is 0.493 e. The number of hydrogen-bond donors (Lipinski definition) is 1. The Morgan fingerprint density at radius 2 is 1.92 bits per heavy atom. The van der Waals surface area contributed by atoms with Gasteiger partial charge >= 0.3 is 0 Å². The molecule has 1 N–H and O–H groups in total. The summed E-state index contributed by atoms with van der Waals surface area (Å²) in [5.74, 6) is 0.143. The van der Waals surface area contributed by atoms with Gasteiger partial charge in [-0.1, -0.05) is 15.9 Å². The minimum atomic E-state index is -0.514. The molecule has 0 saturated carbocycles. The summed E-state index contributed by atoms with van der Waals surface area (Å²) in [6.45, 7) is 0. The van der Waals surface area contributed by atoms with Crippen LogP contribution < -0.4 is 14.8 Å². The maximum absolute atomic E-state index is 13.7. The summed E-state index contributed by atoms with van der Waals surface area (Å²) >= 11 is 6.55. The van der Waals surface area contributed by atoms with Gasteiger partial charge in [0.15, 0.2) is 11.5 Å². The molecule has 4 nitrogen and oxygen atoms in total. The molecule has 0 radical (unpaired) electrons. The van der Waals surface area contributed by atoms with Crippen LogP contribution in [0, 0.1) is 5.82 Å². The van der Waals surface area contributed by atoms with Crippen LogP contribution in [0.4, 0.5) is 10.1 Å². The summed E-state index contributed by atoms with van der Waals surface area (Å²) in [4.78, 5) is 11.9. The third kappa shape index (κ3) is 4.58. The lowest BCUT2D eigenvalue weighted by Gasteiger charge is -2.10. The van der Waals surface area contributed by atoms with Crippen LogP contribution in [-0.4, -0.2) is 20.1 Å². The van der Waals surface area contributed by atoms with E-state index < -0.39 is 11.7 Å². The van der Waals surface area contributed by atoms with E-state index >= 15 is 0 Å². The van der Waals surface area contributed by atoms with Crippen molar-refractivity contribution in [2.24, 2.45) is 0 Å². The Bertz CT molecular complexity index is 794. The SMILES string of the molecule is COc1cc(/C=C/C(=O)Nc2ccc(Br)cc2F)cc(Br)c1OC. The van der Waals surface area contributed by atoms with Crippen molar-refractivity contribution in [1.82, 2.24) is 0 Å². The van der Waals surface area contributed by atoms with E-state index in [-0.39, 0.29) is 5.69 Å². The fraction of sp³-hybridized carbons (Fsp3) is 0.118. The van der Waals surface area contributed by atoms with E-state index in [1.807, 2.05) is 0 Å². The first-order chi connectivity index (χ1) is 11.4. The zero-order valence-corrected chi connectivity index (χ0v) is 16.1. The molecule has 0 unspecified atom stereocenters. The number of halogens is 3. The van der Waals surface area contributed by atoms with Crippen molar-refractivity contribution in [3.63, 3.8) is 0 Å². The first-order valence-electron chi connectivity index (χ1n) is 6.80. The highest BCUT2D eigenvalue weighted by molar-refractivity contribution is 9.10. The first kappa shape index (κ1) is 18.5. The fourth-order valence-corrected chi connectivity index (χ4v) is 2.93. The number of nitrogens with one attached hydrogen (secondary N) is 1. The smallest absolute Gasteiger partial charge is 0.248 e. The number of hydrogen-bond acceptors (Lipinski definition) is 3. The van der Waals surface area contributed by atoms with Crippen LogP contribution in [0.2, 0.25) is 0 Å². The predicted molar refractivity (Wildman–Crippen MR) is 99.0 cm³/mol. The molecule has 0 aliphatic carbocycles. The molecule has 24 heavy (non-hydrogen) atoms. The van der Waals surface area contributed by atoms with Gasteiger partial charge in [-0.05, 0) is 57.9 Å². The minimum Gasteiger partial charge on any atom is -0.493 e. The number of anilines is 1. The minimum absolute atomic E-state index is 0.112. The topological polar surface area (TPSA) is 47.6 Å². The van der Waals surface area contributed by atoms with Crippen molar-refractivity contribution < 1.29 is 18.7 Å². The van der Waals surface area contributed by atoms with Crippen molar-refractivity contribution in [3.05, 3.63) is 56.7 Å². The summed E-state index contributed by atoms with van der Waals surface area (Å²) in [6, 6.07) is 7.93. The van der Waals surface area contributed by atoms with Crippen molar-refractivity contribution in [3.8, 4) is 11.5 Å². The third-order valence-electron chi connectivity index (χ3n) is 3.07. The molecule has 0 heterocycles. The van der Waals surface area contributed by atoms with Gasteiger partial charge in [0.2, 0.25) is 5.91 Å². The maximum atomic E-state index is 13.7. The zero-order chi connectivity index (χ0) is 17.7. The monoisotopic (exact) mass is 457 g/mol. The van der Waals surface area contributed by atoms with Gasteiger partial charge in [0.1, 0.15) is 5.82 Å². The lowest BCUT2D eigenvalue weighted by atomic mass is 10.2. The second-order valence-electron chi connectivity index (χ2n) is 4.68. The Labute approximate surface area is 155 Å². The van der Waals surface area contributed by atoms with Crippen molar-refractivity contribution in [2.45, 2.75) is 0 Å². The van der Waals surface area contributed by atoms with E-state index in [4.69, 9.17) is 9.47 Å². The Kier molecular flexibility index (Phi) is 6.39. The molecule has 1 amide bonds. The highest BCUT2D eigenvalue weighted by Crippen LogP contribution is 2.36. The molecule has 126 valence electrons. The molecule has 2 aromatic carbocycles. The Morgan fingerprint density at radius 3 is 2.54 bits per heavy atom. The highest BCUT2D eigenvalue weighted by atomic mass is 79.9. The Balaban J connectivity index is 2.15. The Hall–Kier alpha value is -1.86. The average Bonchev–Trinajstić information content (AvgIpc) is 2.55. The van der Waals surface area contributed by atoms with E-state index in [0.29, 0.717) is 20.4 Å². The average molecular weight is 459 g/mol. The molecule has 2 aromatic rings. The molecule has 2 rings (SSSR count). The summed E-state index contributed by atoms with van der Waals surface area (Å²) in [6.07, 6.45) is 2.91. The number of ether oxygens (including phenoxy) is 2. The van der Waals surface area contributed by atoms with E-state index in [2.05, 4.69) is 37.2 Å². The van der Waals surface area contributed by atoms with Crippen molar-refractivity contribution in [1.29, 1.82) is 0 Å². The van der Waals surface area contributed by atoms with Gasteiger partial charge in [0.05, 0.1) is 24.4 Å². The van der Waals surface area contributed by atoms with E-state index in [9.17, 15) is 9.18 Å². The molecule has 0 fully saturated rings. The molecule has 0 aliphatic heterocycles. The lowest BCUT2D eigenvalue weighted by molar-refractivity contribution is -0.111. The highest BCUT2D eigenvalue weighted by Gasteiger charge is 2.10. The van der Waals surface area contributed by atoms with Crippen LogP contribution in [0.15, 0.2) is 45.4 Å².